The zero-order valence-electron chi connectivity index (χ0n) is 8.74. The Bertz CT molecular complexity index is 360. The maximum absolute atomic E-state index is 12.1. The van der Waals surface area contributed by atoms with Crippen LogP contribution in [0.25, 0.3) is 0 Å². The molecular formula is C12H14BrNO. The molecule has 1 aliphatic heterocycles. The lowest BCUT2D eigenvalue weighted by molar-refractivity contribution is 0.0747. The van der Waals surface area contributed by atoms with Gasteiger partial charge in [-0.2, -0.15) is 0 Å². The quantitative estimate of drug-likeness (QED) is 0.766. The van der Waals surface area contributed by atoms with E-state index in [-0.39, 0.29) is 5.91 Å². The minimum Gasteiger partial charge on any atom is -0.336 e. The number of hydrogen-bond acceptors (Lipinski definition) is 1. The second-order valence-electron chi connectivity index (χ2n) is 4.00. The van der Waals surface area contributed by atoms with Crippen LogP contribution >= 0.6 is 15.9 Å². The molecule has 1 aliphatic rings. The fourth-order valence-corrected chi connectivity index (χ4v) is 2.26. The molecule has 1 atom stereocenters. The van der Waals surface area contributed by atoms with E-state index in [0.717, 1.165) is 29.4 Å². The fourth-order valence-electron chi connectivity index (χ4n) is 1.99. The zero-order valence-corrected chi connectivity index (χ0v) is 10.3. The van der Waals surface area contributed by atoms with Gasteiger partial charge < -0.3 is 4.90 Å². The monoisotopic (exact) mass is 267 g/mol. The van der Waals surface area contributed by atoms with Crippen LogP contribution in [0.5, 0.6) is 0 Å². The van der Waals surface area contributed by atoms with Gasteiger partial charge in [0.05, 0.1) is 0 Å². The maximum Gasteiger partial charge on any atom is 0.254 e. The van der Waals surface area contributed by atoms with Crippen LogP contribution in [-0.4, -0.2) is 23.4 Å². The number of carbonyl (C=O) groups is 1. The Morgan fingerprint density at radius 1 is 1.40 bits per heavy atom. The summed E-state index contributed by atoms with van der Waals surface area (Å²) in [6.45, 7) is 3.01. The van der Waals surface area contributed by atoms with Gasteiger partial charge in [-0.1, -0.05) is 15.9 Å². The molecule has 0 saturated carbocycles. The third kappa shape index (κ3) is 2.23. The maximum atomic E-state index is 12.1. The first kappa shape index (κ1) is 10.7. The molecule has 0 radical (unpaired) electrons. The molecule has 80 valence electrons. The van der Waals surface area contributed by atoms with Crippen LogP contribution in [0.2, 0.25) is 0 Å². The summed E-state index contributed by atoms with van der Waals surface area (Å²) in [5, 5.41) is 0. The van der Waals surface area contributed by atoms with E-state index in [0.29, 0.717) is 6.04 Å². The van der Waals surface area contributed by atoms with Crippen molar-refractivity contribution >= 4 is 21.8 Å². The van der Waals surface area contributed by atoms with Crippen molar-refractivity contribution in [2.24, 2.45) is 0 Å². The topological polar surface area (TPSA) is 20.3 Å². The molecule has 2 rings (SSSR count). The molecule has 0 N–H and O–H groups in total. The predicted molar refractivity (Wildman–Crippen MR) is 63.9 cm³/mol. The third-order valence-corrected chi connectivity index (χ3v) is 3.43. The summed E-state index contributed by atoms with van der Waals surface area (Å²) in [6, 6.07) is 7.96. The van der Waals surface area contributed by atoms with Crippen molar-refractivity contribution in [1.82, 2.24) is 4.90 Å². The number of rotatable bonds is 1. The molecule has 2 nitrogen and oxygen atoms in total. The Morgan fingerprint density at radius 3 is 2.60 bits per heavy atom. The van der Waals surface area contributed by atoms with Crippen molar-refractivity contribution in [3.05, 3.63) is 34.3 Å². The van der Waals surface area contributed by atoms with Gasteiger partial charge in [-0.05, 0) is 44.0 Å². The minimum absolute atomic E-state index is 0.160. The van der Waals surface area contributed by atoms with Crippen molar-refractivity contribution in [2.45, 2.75) is 25.8 Å². The lowest BCUT2D eigenvalue weighted by Crippen LogP contribution is -2.33. The van der Waals surface area contributed by atoms with Crippen LogP contribution in [0.3, 0.4) is 0 Å². The molecule has 3 heteroatoms. The average molecular weight is 268 g/mol. The molecule has 1 heterocycles. The third-order valence-electron chi connectivity index (χ3n) is 2.91. The van der Waals surface area contributed by atoms with E-state index in [9.17, 15) is 4.79 Å². The van der Waals surface area contributed by atoms with Crippen molar-refractivity contribution < 1.29 is 4.79 Å². The predicted octanol–water partition coefficient (Wildman–Crippen LogP) is 3.07. The van der Waals surface area contributed by atoms with Crippen molar-refractivity contribution in [2.75, 3.05) is 6.54 Å². The zero-order chi connectivity index (χ0) is 10.8. The first-order valence-electron chi connectivity index (χ1n) is 5.25. The Morgan fingerprint density at radius 2 is 2.07 bits per heavy atom. The van der Waals surface area contributed by atoms with Gasteiger partial charge >= 0.3 is 0 Å². The molecule has 0 aliphatic carbocycles. The molecule has 1 aromatic rings. The summed E-state index contributed by atoms with van der Waals surface area (Å²) in [7, 11) is 0. The highest BCUT2D eigenvalue weighted by atomic mass is 79.9. The number of halogens is 1. The largest absolute Gasteiger partial charge is 0.336 e. The van der Waals surface area contributed by atoms with E-state index in [2.05, 4.69) is 22.9 Å². The van der Waals surface area contributed by atoms with Gasteiger partial charge in [0.1, 0.15) is 0 Å². The minimum atomic E-state index is 0.160. The molecule has 1 fully saturated rings. The highest BCUT2D eigenvalue weighted by molar-refractivity contribution is 9.10. The van der Waals surface area contributed by atoms with E-state index in [1.165, 1.54) is 0 Å². The molecule has 1 unspecified atom stereocenters. The van der Waals surface area contributed by atoms with E-state index in [1.54, 1.807) is 0 Å². The first-order chi connectivity index (χ1) is 7.18. The van der Waals surface area contributed by atoms with E-state index >= 15 is 0 Å². The molecule has 15 heavy (non-hydrogen) atoms. The summed E-state index contributed by atoms with van der Waals surface area (Å²) in [6.07, 6.45) is 2.26. The van der Waals surface area contributed by atoms with Crippen LogP contribution in [0.4, 0.5) is 0 Å². The molecule has 1 amide bonds. The summed E-state index contributed by atoms with van der Waals surface area (Å²) in [5.41, 5.74) is 0.784. The highest BCUT2D eigenvalue weighted by Gasteiger charge is 2.25. The normalized spacial score (nSPS) is 20.7. The van der Waals surface area contributed by atoms with E-state index in [4.69, 9.17) is 0 Å². The Labute approximate surface area is 98.4 Å². The number of likely N-dealkylation sites (tertiary alicyclic amines) is 1. The number of benzene rings is 1. The number of nitrogens with zero attached hydrogens (tertiary/aromatic N) is 1. The highest BCUT2D eigenvalue weighted by Crippen LogP contribution is 2.20. The van der Waals surface area contributed by atoms with Crippen molar-refractivity contribution in [3.63, 3.8) is 0 Å². The molecule has 1 saturated heterocycles. The van der Waals surface area contributed by atoms with Crippen LogP contribution in [0.1, 0.15) is 30.1 Å². The lowest BCUT2D eigenvalue weighted by Gasteiger charge is -2.21. The standard InChI is InChI=1S/C12H14BrNO/c1-9-3-2-8-14(9)12(15)10-4-6-11(13)7-5-10/h4-7,9H,2-3,8H2,1H3. The Balaban J connectivity index is 2.17. The summed E-state index contributed by atoms with van der Waals surface area (Å²) < 4.78 is 1.01. The summed E-state index contributed by atoms with van der Waals surface area (Å²) in [5.74, 6) is 0.160. The second-order valence-corrected chi connectivity index (χ2v) is 4.91. The van der Waals surface area contributed by atoms with E-state index < -0.39 is 0 Å². The molecule has 1 aromatic carbocycles. The van der Waals surface area contributed by atoms with Gasteiger partial charge in [0.2, 0.25) is 0 Å². The Hall–Kier alpha value is -0.830. The number of carbonyl (C=O) groups excluding carboxylic acids is 1. The fraction of sp³-hybridized carbons (Fsp3) is 0.417. The van der Waals surface area contributed by atoms with Gasteiger partial charge in [0, 0.05) is 22.6 Å². The average Bonchev–Trinajstić information content (AvgIpc) is 2.65. The number of amides is 1. The van der Waals surface area contributed by atoms with E-state index in [1.807, 2.05) is 29.2 Å². The van der Waals surface area contributed by atoms with Gasteiger partial charge in [-0.25, -0.2) is 0 Å². The van der Waals surface area contributed by atoms with Crippen LogP contribution in [0, 0.1) is 0 Å². The first-order valence-corrected chi connectivity index (χ1v) is 6.04. The molecular weight excluding hydrogens is 254 g/mol. The smallest absolute Gasteiger partial charge is 0.254 e. The summed E-state index contributed by atoms with van der Waals surface area (Å²) in [4.78, 5) is 14.0. The Kier molecular flexibility index (Phi) is 3.10. The van der Waals surface area contributed by atoms with Gasteiger partial charge in [-0.3, -0.25) is 4.79 Å². The lowest BCUT2D eigenvalue weighted by atomic mass is 10.2. The van der Waals surface area contributed by atoms with Gasteiger partial charge in [0.15, 0.2) is 0 Å². The van der Waals surface area contributed by atoms with Gasteiger partial charge in [0.25, 0.3) is 5.91 Å². The SMILES string of the molecule is CC1CCCN1C(=O)c1ccc(Br)cc1. The van der Waals surface area contributed by atoms with Gasteiger partial charge in [-0.15, -0.1) is 0 Å². The van der Waals surface area contributed by atoms with Crippen LogP contribution in [0.15, 0.2) is 28.7 Å². The van der Waals surface area contributed by atoms with Crippen molar-refractivity contribution in [1.29, 1.82) is 0 Å². The van der Waals surface area contributed by atoms with Crippen LogP contribution in [-0.2, 0) is 0 Å². The van der Waals surface area contributed by atoms with Crippen molar-refractivity contribution in [3.8, 4) is 0 Å². The molecule has 0 bridgehead atoms. The molecule has 0 spiro atoms. The second kappa shape index (κ2) is 4.35. The van der Waals surface area contributed by atoms with Crippen LogP contribution < -0.4 is 0 Å². The summed E-state index contributed by atoms with van der Waals surface area (Å²) >= 11 is 3.37. The molecule has 0 aromatic heterocycles. The number of hydrogen-bond donors (Lipinski definition) is 0.